The first-order valence-corrected chi connectivity index (χ1v) is 5.68. The Bertz CT molecular complexity index is 335. The number of carbonyl (C=O) groups excluding carboxylic acids is 1. The highest BCUT2D eigenvalue weighted by Crippen LogP contribution is 2.19. The van der Waals surface area contributed by atoms with Gasteiger partial charge in [0.1, 0.15) is 24.4 Å². The molecule has 9 heteroatoms. The van der Waals surface area contributed by atoms with Gasteiger partial charge in [0.2, 0.25) is 5.91 Å². The number of aliphatic hydroxyl groups excluding tert-OH is 4. The van der Waals surface area contributed by atoms with Crippen molar-refractivity contribution >= 4 is 11.9 Å². The summed E-state index contributed by atoms with van der Waals surface area (Å²) in [5.41, 5.74) is 0. The summed E-state index contributed by atoms with van der Waals surface area (Å²) in [6.45, 7) is -0.602. The Morgan fingerprint density at radius 2 is 1.74 bits per heavy atom. The van der Waals surface area contributed by atoms with E-state index in [1.807, 2.05) is 0 Å². The highest BCUT2D eigenvalue weighted by atomic mass is 16.6. The Balaban J connectivity index is 2.57. The second-order valence-electron chi connectivity index (χ2n) is 4.22. The zero-order valence-corrected chi connectivity index (χ0v) is 9.97. The maximum absolute atomic E-state index is 11.4. The van der Waals surface area contributed by atoms with Crippen LogP contribution in [0.4, 0.5) is 0 Å². The van der Waals surface area contributed by atoms with Gasteiger partial charge in [-0.1, -0.05) is 0 Å². The van der Waals surface area contributed by atoms with Gasteiger partial charge in [-0.25, -0.2) is 0 Å². The molecular weight excluding hydrogens is 262 g/mol. The van der Waals surface area contributed by atoms with Crippen molar-refractivity contribution in [3.8, 4) is 0 Å². The zero-order valence-electron chi connectivity index (χ0n) is 9.97. The van der Waals surface area contributed by atoms with E-state index < -0.39 is 55.5 Å². The molecule has 0 radical (unpaired) electrons. The fraction of sp³-hybridized carbons (Fsp3) is 0.800. The number of aliphatic carboxylic acids is 1. The molecule has 1 rings (SSSR count). The van der Waals surface area contributed by atoms with Crippen molar-refractivity contribution in [1.29, 1.82) is 0 Å². The molecule has 0 saturated carbocycles. The van der Waals surface area contributed by atoms with Gasteiger partial charge in [-0.15, -0.1) is 0 Å². The standard InChI is InChI=1S/C10H17NO8/c12-3-4-8(16)9(17)7(10(18)19-4)11-5(13)1-2-6(14)15/h4,7-10,12,16-18H,1-3H2,(H,11,13)(H,14,15)/t4-,7-,8-,9-,10-/m1/s1. The van der Waals surface area contributed by atoms with Crippen LogP contribution in [0.5, 0.6) is 0 Å². The number of hydrogen-bond donors (Lipinski definition) is 6. The minimum atomic E-state index is -1.61. The van der Waals surface area contributed by atoms with E-state index in [-0.39, 0.29) is 6.42 Å². The normalized spacial score (nSPS) is 34.8. The number of carboxylic acids is 1. The van der Waals surface area contributed by atoms with Crippen LogP contribution < -0.4 is 5.32 Å². The minimum Gasteiger partial charge on any atom is -0.481 e. The van der Waals surface area contributed by atoms with E-state index in [0.717, 1.165) is 0 Å². The fourth-order valence-electron chi connectivity index (χ4n) is 1.73. The van der Waals surface area contributed by atoms with Crippen LogP contribution >= 0.6 is 0 Å². The molecule has 0 aromatic carbocycles. The van der Waals surface area contributed by atoms with Crippen molar-refractivity contribution in [1.82, 2.24) is 5.32 Å². The maximum Gasteiger partial charge on any atom is 0.303 e. The Hall–Kier alpha value is -1.26. The Morgan fingerprint density at radius 3 is 2.26 bits per heavy atom. The first-order chi connectivity index (χ1) is 8.86. The number of rotatable bonds is 5. The van der Waals surface area contributed by atoms with Crippen LogP contribution in [-0.4, -0.2) is 74.7 Å². The van der Waals surface area contributed by atoms with Crippen LogP contribution in [0.3, 0.4) is 0 Å². The number of hydrogen-bond acceptors (Lipinski definition) is 7. The largest absolute Gasteiger partial charge is 0.481 e. The van der Waals surface area contributed by atoms with Gasteiger partial charge in [-0.3, -0.25) is 9.59 Å². The van der Waals surface area contributed by atoms with Crippen LogP contribution in [0.25, 0.3) is 0 Å². The topological polar surface area (TPSA) is 157 Å². The number of carbonyl (C=O) groups is 2. The lowest BCUT2D eigenvalue weighted by molar-refractivity contribution is -0.253. The Kier molecular flexibility index (Phi) is 5.63. The minimum absolute atomic E-state index is 0.329. The number of carboxylic acid groups (broad SMARTS) is 1. The molecule has 1 aliphatic rings. The third-order valence-corrected chi connectivity index (χ3v) is 2.79. The lowest BCUT2D eigenvalue weighted by atomic mass is 9.97. The number of aliphatic hydroxyl groups is 4. The molecule has 0 spiro atoms. The number of nitrogens with one attached hydrogen (secondary N) is 1. The molecular formula is C10H17NO8. The monoisotopic (exact) mass is 279 g/mol. The molecule has 110 valence electrons. The van der Waals surface area contributed by atoms with E-state index in [4.69, 9.17) is 14.9 Å². The first-order valence-electron chi connectivity index (χ1n) is 5.68. The van der Waals surface area contributed by atoms with E-state index >= 15 is 0 Å². The van der Waals surface area contributed by atoms with Gasteiger partial charge < -0.3 is 35.6 Å². The van der Waals surface area contributed by atoms with Gasteiger partial charge >= 0.3 is 5.97 Å². The van der Waals surface area contributed by atoms with Crippen LogP contribution in [0.2, 0.25) is 0 Å². The van der Waals surface area contributed by atoms with E-state index in [1.165, 1.54) is 0 Å². The molecule has 1 saturated heterocycles. The summed E-state index contributed by atoms with van der Waals surface area (Å²) in [6.07, 6.45) is -6.49. The molecule has 5 atom stereocenters. The second-order valence-corrected chi connectivity index (χ2v) is 4.22. The van der Waals surface area contributed by atoms with Crippen molar-refractivity contribution < 1.29 is 39.9 Å². The molecule has 1 heterocycles. The van der Waals surface area contributed by atoms with Crippen molar-refractivity contribution in [3.05, 3.63) is 0 Å². The van der Waals surface area contributed by atoms with E-state index in [9.17, 15) is 24.9 Å². The summed E-state index contributed by atoms with van der Waals surface area (Å²) in [7, 11) is 0. The third kappa shape index (κ3) is 4.11. The molecule has 19 heavy (non-hydrogen) atoms. The first kappa shape index (κ1) is 15.8. The predicted molar refractivity (Wildman–Crippen MR) is 58.8 cm³/mol. The van der Waals surface area contributed by atoms with Crippen molar-refractivity contribution in [2.75, 3.05) is 6.61 Å². The summed E-state index contributed by atoms with van der Waals surface area (Å²) >= 11 is 0. The smallest absolute Gasteiger partial charge is 0.303 e. The summed E-state index contributed by atoms with van der Waals surface area (Å²) in [4.78, 5) is 21.7. The molecule has 0 aliphatic carbocycles. The van der Waals surface area contributed by atoms with Gasteiger partial charge in [0, 0.05) is 6.42 Å². The molecule has 0 aromatic rings. The fourth-order valence-corrected chi connectivity index (χ4v) is 1.73. The Morgan fingerprint density at radius 1 is 1.11 bits per heavy atom. The van der Waals surface area contributed by atoms with E-state index in [1.54, 1.807) is 0 Å². The summed E-state index contributed by atoms with van der Waals surface area (Å²) < 4.78 is 4.82. The molecule has 9 nitrogen and oxygen atoms in total. The van der Waals surface area contributed by atoms with E-state index in [0.29, 0.717) is 0 Å². The van der Waals surface area contributed by atoms with Crippen LogP contribution in [0.1, 0.15) is 12.8 Å². The molecule has 1 aliphatic heterocycles. The molecule has 0 unspecified atom stereocenters. The van der Waals surface area contributed by atoms with Gasteiger partial charge in [0.15, 0.2) is 6.29 Å². The molecule has 1 amide bonds. The zero-order chi connectivity index (χ0) is 14.6. The van der Waals surface area contributed by atoms with E-state index in [2.05, 4.69) is 5.32 Å². The molecule has 1 fully saturated rings. The molecule has 6 N–H and O–H groups in total. The highest BCUT2D eigenvalue weighted by Gasteiger charge is 2.44. The number of amides is 1. The van der Waals surface area contributed by atoms with Gasteiger partial charge in [0.05, 0.1) is 13.0 Å². The number of ether oxygens (including phenoxy) is 1. The lowest BCUT2D eigenvalue weighted by Crippen LogP contribution is -2.64. The van der Waals surface area contributed by atoms with Gasteiger partial charge in [-0.2, -0.15) is 0 Å². The average molecular weight is 279 g/mol. The van der Waals surface area contributed by atoms with Crippen LogP contribution in [-0.2, 0) is 14.3 Å². The van der Waals surface area contributed by atoms with Crippen LogP contribution in [0, 0.1) is 0 Å². The quantitative estimate of drug-likeness (QED) is 0.306. The van der Waals surface area contributed by atoms with Crippen molar-refractivity contribution in [3.63, 3.8) is 0 Å². The van der Waals surface area contributed by atoms with Gasteiger partial charge in [-0.05, 0) is 0 Å². The second kappa shape index (κ2) is 6.78. The van der Waals surface area contributed by atoms with Crippen molar-refractivity contribution in [2.45, 2.75) is 43.5 Å². The summed E-state index contributed by atoms with van der Waals surface area (Å²) in [5, 5.41) is 48.3. The van der Waals surface area contributed by atoms with Crippen LogP contribution in [0.15, 0.2) is 0 Å². The molecule has 0 bridgehead atoms. The SMILES string of the molecule is O=C(O)CCC(=O)N[C@@H]1[C@@H](O)[C@H](O)[C@@H](CO)O[C@H]1O. The predicted octanol–water partition coefficient (Wildman–Crippen LogP) is -3.23. The Labute approximate surface area is 108 Å². The molecule has 0 aromatic heterocycles. The summed E-state index contributed by atoms with van der Waals surface area (Å²) in [6, 6.07) is -1.29. The third-order valence-electron chi connectivity index (χ3n) is 2.79. The maximum atomic E-state index is 11.4. The van der Waals surface area contributed by atoms with Gasteiger partial charge in [0.25, 0.3) is 0 Å². The van der Waals surface area contributed by atoms with Crippen molar-refractivity contribution in [2.24, 2.45) is 0 Å². The average Bonchev–Trinajstić information content (AvgIpc) is 2.36. The summed E-state index contributed by atoms with van der Waals surface area (Å²) in [5.74, 6) is -1.86. The highest BCUT2D eigenvalue weighted by molar-refractivity contribution is 5.80. The lowest BCUT2D eigenvalue weighted by Gasteiger charge is -2.40.